The largest absolute Gasteiger partial charge is 0.493 e. The van der Waals surface area contributed by atoms with Gasteiger partial charge >= 0.3 is 6.09 Å². The number of nitrogens with one attached hydrogen (secondary N) is 3. The molecule has 11 heteroatoms. The van der Waals surface area contributed by atoms with Crippen molar-refractivity contribution in [1.82, 2.24) is 20.2 Å². The first-order chi connectivity index (χ1) is 19.2. The number of rotatable bonds is 7. The van der Waals surface area contributed by atoms with Gasteiger partial charge in [0.15, 0.2) is 5.75 Å². The Hall–Kier alpha value is -3.92. The van der Waals surface area contributed by atoms with Crippen molar-refractivity contribution in [2.24, 2.45) is 0 Å². The lowest BCUT2D eigenvalue weighted by atomic mass is 10.0. The molecule has 0 radical (unpaired) electrons. The summed E-state index contributed by atoms with van der Waals surface area (Å²) >= 11 is 6.38. The highest BCUT2D eigenvalue weighted by Crippen LogP contribution is 2.43. The van der Waals surface area contributed by atoms with Gasteiger partial charge < -0.3 is 34.7 Å². The Morgan fingerprint density at radius 3 is 2.88 bits per heavy atom. The Morgan fingerprint density at radius 2 is 2.10 bits per heavy atom. The van der Waals surface area contributed by atoms with Gasteiger partial charge in [0.05, 0.1) is 47.0 Å². The molecule has 0 unspecified atom stereocenters. The lowest BCUT2D eigenvalue weighted by molar-refractivity contribution is 0.0187. The van der Waals surface area contributed by atoms with E-state index in [1.807, 2.05) is 39.0 Å². The maximum atomic E-state index is 13.0. The highest BCUT2D eigenvalue weighted by molar-refractivity contribution is 6.32. The second-order valence-corrected chi connectivity index (χ2v) is 11.2. The first kappa shape index (κ1) is 27.6. The number of amides is 2. The third kappa shape index (κ3) is 5.67. The molecule has 2 aliphatic heterocycles. The van der Waals surface area contributed by atoms with Gasteiger partial charge in [0.1, 0.15) is 18.0 Å². The van der Waals surface area contributed by atoms with Crippen LogP contribution in [0.15, 0.2) is 36.7 Å². The van der Waals surface area contributed by atoms with Crippen LogP contribution in [0.1, 0.15) is 49.7 Å². The molecule has 2 amide bonds. The van der Waals surface area contributed by atoms with Gasteiger partial charge in [-0.3, -0.25) is 9.78 Å². The summed E-state index contributed by atoms with van der Waals surface area (Å²) < 4.78 is 17.4. The maximum Gasteiger partial charge on any atom is 0.410 e. The lowest BCUT2D eigenvalue weighted by Gasteiger charge is -2.28. The summed E-state index contributed by atoms with van der Waals surface area (Å²) in [6.45, 7) is 7.01. The Bertz CT molecular complexity index is 1420. The summed E-state index contributed by atoms with van der Waals surface area (Å²) in [4.78, 5) is 35.3. The van der Waals surface area contributed by atoms with E-state index in [1.54, 1.807) is 30.5 Å². The molecular formula is C29H34ClN5O5. The van der Waals surface area contributed by atoms with Gasteiger partial charge in [-0.05, 0) is 51.8 Å². The smallest absolute Gasteiger partial charge is 0.410 e. The van der Waals surface area contributed by atoms with Crippen molar-refractivity contribution in [2.75, 3.05) is 32.1 Å². The number of carbonyl (C=O) groups excluding carboxylic acids is 2. The van der Waals surface area contributed by atoms with Crippen LogP contribution in [0.4, 0.5) is 16.2 Å². The predicted octanol–water partition coefficient (Wildman–Crippen LogP) is 5.55. The van der Waals surface area contributed by atoms with Gasteiger partial charge in [-0.25, -0.2) is 4.79 Å². The highest BCUT2D eigenvalue weighted by Gasteiger charge is 2.33. The van der Waals surface area contributed by atoms with Gasteiger partial charge in [-0.1, -0.05) is 17.7 Å². The molecule has 2 aromatic heterocycles. The van der Waals surface area contributed by atoms with Crippen molar-refractivity contribution in [3.8, 4) is 22.8 Å². The van der Waals surface area contributed by atoms with Crippen molar-refractivity contribution >= 4 is 35.0 Å². The molecule has 3 aromatic rings. The zero-order valence-electron chi connectivity index (χ0n) is 23.1. The topological polar surface area (TPSA) is 118 Å². The van der Waals surface area contributed by atoms with Crippen LogP contribution in [0.5, 0.6) is 11.5 Å². The molecule has 2 aliphatic rings. The van der Waals surface area contributed by atoms with E-state index in [0.717, 1.165) is 24.1 Å². The van der Waals surface area contributed by atoms with E-state index < -0.39 is 5.60 Å². The van der Waals surface area contributed by atoms with Crippen LogP contribution in [0.2, 0.25) is 5.02 Å². The van der Waals surface area contributed by atoms with Crippen molar-refractivity contribution < 1.29 is 23.8 Å². The number of aromatic amines is 1. The third-order valence-electron chi connectivity index (χ3n) is 6.89. The molecule has 0 aliphatic carbocycles. The first-order valence-corrected chi connectivity index (χ1v) is 13.7. The molecule has 4 heterocycles. The molecule has 0 bridgehead atoms. The standard InChI is InChI=1S/C29H34ClN5O5/c1-29(2,3)40-28(37)35-14-6-7-17(35)16-39-22-15-31-12-10-18(22)24-25(23-20(33-24)11-13-32-27(23)36)34-21-9-5-8-19(30)26(21)38-4/h5,8-10,12,15,17,33-34H,6-7,11,13-14,16H2,1-4H3,(H,32,36)/t17-/m0/s1. The Labute approximate surface area is 238 Å². The van der Waals surface area contributed by atoms with Gasteiger partial charge in [0.25, 0.3) is 5.91 Å². The van der Waals surface area contributed by atoms with Crippen molar-refractivity contribution in [1.29, 1.82) is 0 Å². The average Bonchev–Trinajstić information content (AvgIpc) is 3.52. The summed E-state index contributed by atoms with van der Waals surface area (Å²) in [5.41, 5.74) is 3.37. The number of hydrogen-bond donors (Lipinski definition) is 3. The van der Waals surface area contributed by atoms with E-state index >= 15 is 0 Å². The zero-order valence-corrected chi connectivity index (χ0v) is 23.9. The number of nitrogens with zero attached hydrogens (tertiary/aromatic N) is 2. The SMILES string of the molecule is COc1c(Cl)cccc1Nc1c(-c2ccncc2OC[C@@H]2CCCN2C(=O)OC(C)(C)C)[nH]c2c1C(=O)NCC2. The van der Waals surface area contributed by atoms with Gasteiger partial charge in [0.2, 0.25) is 0 Å². The fraction of sp³-hybridized carbons (Fsp3) is 0.414. The second kappa shape index (κ2) is 11.3. The number of pyridine rings is 1. The number of halogens is 1. The number of aromatic nitrogens is 2. The molecule has 40 heavy (non-hydrogen) atoms. The maximum absolute atomic E-state index is 13.0. The zero-order chi connectivity index (χ0) is 28.4. The number of benzene rings is 1. The molecular weight excluding hydrogens is 534 g/mol. The van der Waals surface area contributed by atoms with Gasteiger partial charge in [-0.15, -0.1) is 0 Å². The quantitative estimate of drug-likeness (QED) is 0.343. The molecule has 0 spiro atoms. The number of hydrogen-bond acceptors (Lipinski definition) is 7. The summed E-state index contributed by atoms with van der Waals surface area (Å²) in [5, 5.41) is 6.77. The number of carbonyl (C=O) groups is 2. The number of methoxy groups -OCH3 is 1. The van der Waals surface area contributed by atoms with Crippen molar-refractivity contribution in [3.05, 3.63) is 52.9 Å². The molecule has 212 valence electrons. The Morgan fingerprint density at radius 1 is 1.27 bits per heavy atom. The number of anilines is 2. The van der Waals surface area contributed by atoms with Crippen LogP contribution in [0, 0.1) is 0 Å². The number of para-hydroxylation sites is 1. The average molecular weight is 568 g/mol. The van der Waals surface area contributed by atoms with E-state index in [-0.39, 0.29) is 24.6 Å². The molecule has 1 fully saturated rings. The number of likely N-dealkylation sites (tertiary alicyclic amines) is 1. The Balaban J connectivity index is 1.47. The summed E-state index contributed by atoms with van der Waals surface area (Å²) in [6.07, 6.45) is 5.32. The normalized spacial score (nSPS) is 16.8. The minimum atomic E-state index is -0.574. The molecule has 3 N–H and O–H groups in total. The van der Waals surface area contributed by atoms with Gasteiger partial charge in [0, 0.05) is 37.0 Å². The monoisotopic (exact) mass is 567 g/mol. The number of ether oxygens (including phenoxy) is 3. The van der Waals surface area contributed by atoms with E-state index in [0.29, 0.717) is 58.7 Å². The molecule has 1 saturated heterocycles. The van der Waals surface area contributed by atoms with Crippen LogP contribution < -0.4 is 20.1 Å². The van der Waals surface area contributed by atoms with E-state index in [9.17, 15) is 9.59 Å². The van der Waals surface area contributed by atoms with Gasteiger partial charge in [-0.2, -0.15) is 0 Å². The molecule has 1 atom stereocenters. The molecule has 5 rings (SSSR count). The summed E-state index contributed by atoms with van der Waals surface area (Å²) in [7, 11) is 1.55. The fourth-order valence-corrected chi connectivity index (χ4v) is 5.36. The van der Waals surface area contributed by atoms with E-state index in [1.165, 1.54) is 0 Å². The number of fused-ring (bicyclic) bond motifs is 1. The fourth-order valence-electron chi connectivity index (χ4n) is 5.11. The predicted molar refractivity (Wildman–Crippen MR) is 153 cm³/mol. The first-order valence-electron chi connectivity index (χ1n) is 13.4. The lowest BCUT2D eigenvalue weighted by Crippen LogP contribution is -2.42. The number of H-pyrrole nitrogens is 1. The van der Waals surface area contributed by atoms with Crippen LogP contribution in [-0.2, 0) is 11.2 Å². The second-order valence-electron chi connectivity index (χ2n) is 10.8. The summed E-state index contributed by atoms with van der Waals surface area (Å²) in [5.74, 6) is 0.817. The Kier molecular flexibility index (Phi) is 7.80. The highest BCUT2D eigenvalue weighted by atomic mass is 35.5. The van der Waals surface area contributed by atoms with Crippen LogP contribution in [-0.4, -0.2) is 65.3 Å². The van der Waals surface area contributed by atoms with Crippen molar-refractivity contribution in [3.63, 3.8) is 0 Å². The molecule has 0 saturated carbocycles. The summed E-state index contributed by atoms with van der Waals surface area (Å²) in [6, 6.07) is 7.10. The van der Waals surface area contributed by atoms with Crippen LogP contribution in [0.3, 0.4) is 0 Å². The minimum Gasteiger partial charge on any atom is -0.493 e. The van der Waals surface area contributed by atoms with Crippen LogP contribution in [0.25, 0.3) is 11.3 Å². The molecule has 1 aromatic carbocycles. The van der Waals surface area contributed by atoms with Crippen LogP contribution >= 0.6 is 11.6 Å². The molecule has 10 nitrogen and oxygen atoms in total. The van der Waals surface area contributed by atoms with E-state index in [4.69, 9.17) is 25.8 Å². The third-order valence-corrected chi connectivity index (χ3v) is 7.18. The van der Waals surface area contributed by atoms with E-state index in [2.05, 4.69) is 20.6 Å². The minimum absolute atomic E-state index is 0.126. The van der Waals surface area contributed by atoms with Crippen molar-refractivity contribution in [2.45, 2.75) is 51.7 Å².